The topological polar surface area (TPSA) is 15.6 Å². The Morgan fingerprint density at radius 1 is 0.808 bits per heavy atom. The van der Waals surface area contributed by atoms with Gasteiger partial charge in [-0.05, 0) is 60.0 Å². The lowest BCUT2D eigenvalue weighted by Crippen LogP contribution is -2.02. The highest BCUT2D eigenvalue weighted by Gasteiger charge is 2.21. The predicted molar refractivity (Wildman–Crippen MR) is 116 cm³/mol. The summed E-state index contributed by atoms with van der Waals surface area (Å²) in [5.41, 5.74) is 5.34. The molecule has 138 valence electrons. The van der Waals surface area contributed by atoms with Gasteiger partial charge in [0, 0.05) is 6.21 Å². The third-order valence-electron chi connectivity index (χ3n) is 4.84. The molecule has 1 atom stereocenters. The Balaban J connectivity index is 1.54. The average molecular weight is 367 g/mol. The minimum atomic E-state index is 0.305. The molecule has 0 fully saturated rings. The van der Waals surface area contributed by atoms with Crippen molar-refractivity contribution < 1.29 is 0 Å². The molecule has 0 amide bonds. The molecule has 1 unspecified atom stereocenters. The fourth-order valence-corrected chi connectivity index (χ4v) is 4.22. The van der Waals surface area contributed by atoms with Crippen molar-refractivity contribution in [3.63, 3.8) is 0 Å². The molecule has 2 nitrogen and oxygen atoms in total. The van der Waals surface area contributed by atoms with E-state index in [1.807, 2.05) is 4.41 Å². The third kappa shape index (κ3) is 5.14. The Bertz CT molecular complexity index is 691. The van der Waals surface area contributed by atoms with Gasteiger partial charge >= 0.3 is 0 Å². The van der Waals surface area contributed by atoms with Gasteiger partial charge in [0.05, 0.1) is 10.9 Å². The standard InChI is InChI=1S/C23H30N2S/c1-3-5-6-7-9-20-10-14-21(15-11-20)23-18-24-25(26-23)22-16-12-19(8-4-2)13-17-22/h10-18,23H,3-9H2,1-2H3. The normalized spacial score (nSPS) is 16.4. The molecule has 0 aliphatic carbocycles. The van der Waals surface area contributed by atoms with Crippen molar-refractivity contribution in [2.75, 3.05) is 4.41 Å². The van der Waals surface area contributed by atoms with Gasteiger partial charge in [-0.2, -0.15) is 5.10 Å². The van der Waals surface area contributed by atoms with Crippen molar-refractivity contribution >= 4 is 23.8 Å². The number of rotatable bonds is 9. The van der Waals surface area contributed by atoms with E-state index in [1.54, 1.807) is 11.9 Å². The van der Waals surface area contributed by atoms with Crippen LogP contribution >= 0.6 is 11.9 Å². The van der Waals surface area contributed by atoms with Crippen LogP contribution in [-0.4, -0.2) is 6.21 Å². The highest BCUT2D eigenvalue weighted by Crippen LogP contribution is 2.38. The van der Waals surface area contributed by atoms with Crippen molar-refractivity contribution in [1.29, 1.82) is 0 Å². The summed E-state index contributed by atoms with van der Waals surface area (Å²) in [6.07, 6.45) is 10.9. The van der Waals surface area contributed by atoms with E-state index in [-0.39, 0.29) is 0 Å². The number of benzene rings is 2. The van der Waals surface area contributed by atoms with Crippen LogP contribution in [0.5, 0.6) is 0 Å². The Hall–Kier alpha value is -1.74. The number of nitrogens with zero attached hydrogens (tertiary/aromatic N) is 2. The summed E-state index contributed by atoms with van der Waals surface area (Å²) in [5, 5.41) is 4.91. The first-order valence-electron chi connectivity index (χ1n) is 9.99. The number of hydrogen-bond acceptors (Lipinski definition) is 3. The summed E-state index contributed by atoms with van der Waals surface area (Å²) < 4.78 is 2.04. The van der Waals surface area contributed by atoms with E-state index in [9.17, 15) is 0 Å². The molecule has 2 aromatic carbocycles. The zero-order chi connectivity index (χ0) is 18.2. The predicted octanol–water partition coefficient (Wildman–Crippen LogP) is 6.96. The van der Waals surface area contributed by atoms with Crippen LogP contribution in [0, 0.1) is 0 Å². The van der Waals surface area contributed by atoms with Crippen LogP contribution in [0.1, 0.15) is 67.9 Å². The van der Waals surface area contributed by atoms with Crippen LogP contribution in [0.3, 0.4) is 0 Å². The second-order valence-corrected chi connectivity index (χ2v) is 8.10. The van der Waals surface area contributed by atoms with E-state index >= 15 is 0 Å². The SMILES string of the molecule is CCCCCCc1ccc(C2C=NN(c3ccc(CCC)cc3)S2)cc1. The second-order valence-electron chi connectivity index (χ2n) is 7.03. The molecule has 1 heterocycles. The number of hydrazone groups is 1. The van der Waals surface area contributed by atoms with Crippen molar-refractivity contribution in [2.45, 2.75) is 64.0 Å². The zero-order valence-electron chi connectivity index (χ0n) is 16.0. The molecule has 0 saturated carbocycles. The Kier molecular flexibility index (Phi) is 7.19. The number of aryl methyl sites for hydroxylation is 2. The Morgan fingerprint density at radius 3 is 2.19 bits per heavy atom. The first kappa shape index (κ1) is 19.0. The van der Waals surface area contributed by atoms with Crippen LogP contribution in [-0.2, 0) is 12.8 Å². The van der Waals surface area contributed by atoms with Gasteiger partial charge < -0.3 is 0 Å². The Morgan fingerprint density at radius 2 is 1.50 bits per heavy atom. The van der Waals surface area contributed by atoms with Gasteiger partial charge in [0.15, 0.2) is 0 Å². The minimum Gasteiger partial charge on any atom is -0.206 e. The second kappa shape index (κ2) is 9.82. The van der Waals surface area contributed by atoms with E-state index in [0.29, 0.717) is 5.25 Å². The number of unbranched alkanes of at least 4 members (excludes halogenated alkanes) is 3. The fourth-order valence-electron chi connectivity index (χ4n) is 3.27. The maximum Gasteiger partial charge on any atom is 0.0887 e. The molecule has 3 heteroatoms. The summed E-state index contributed by atoms with van der Waals surface area (Å²) in [4.78, 5) is 0. The summed E-state index contributed by atoms with van der Waals surface area (Å²) in [6, 6.07) is 17.9. The quantitative estimate of drug-likeness (QED) is 0.352. The molecule has 0 radical (unpaired) electrons. The van der Waals surface area contributed by atoms with Gasteiger partial charge in [0.1, 0.15) is 0 Å². The van der Waals surface area contributed by atoms with Crippen molar-refractivity contribution in [3.8, 4) is 0 Å². The first-order chi connectivity index (χ1) is 12.8. The van der Waals surface area contributed by atoms with E-state index in [2.05, 4.69) is 73.7 Å². The molecule has 0 saturated heterocycles. The summed E-state index contributed by atoms with van der Waals surface area (Å²) in [7, 11) is 0. The molecule has 1 aliphatic rings. The maximum absolute atomic E-state index is 4.60. The van der Waals surface area contributed by atoms with Gasteiger partial charge in [-0.15, -0.1) is 0 Å². The number of hydrogen-bond donors (Lipinski definition) is 0. The first-order valence-corrected chi connectivity index (χ1v) is 10.8. The van der Waals surface area contributed by atoms with Crippen LogP contribution in [0.2, 0.25) is 0 Å². The highest BCUT2D eigenvalue weighted by molar-refractivity contribution is 8.01. The van der Waals surface area contributed by atoms with Crippen LogP contribution in [0.25, 0.3) is 0 Å². The zero-order valence-corrected chi connectivity index (χ0v) is 16.8. The lowest BCUT2D eigenvalue weighted by molar-refractivity contribution is 0.667. The molecule has 0 N–H and O–H groups in total. The minimum absolute atomic E-state index is 0.305. The summed E-state index contributed by atoms with van der Waals surface area (Å²) in [5.74, 6) is 0. The molecule has 3 rings (SSSR count). The van der Waals surface area contributed by atoms with E-state index < -0.39 is 0 Å². The monoisotopic (exact) mass is 366 g/mol. The van der Waals surface area contributed by atoms with E-state index in [0.717, 1.165) is 12.1 Å². The van der Waals surface area contributed by atoms with Crippen molar-refractivity contribution in [1.82, 2.24) is 0 Å². The highest BCUT2D eigenvalue weighted by atomic mass is 32.2. The van der Waals surface area contributed by atoms with Gasteiger partial charge in [0.25, 0.3) is 0 Å². The molecule has 0 aromatic heterocycles. The third-order valence-corrected chi connectivity index (χ3v) is 5.97. The molecule has 0 spiro atoms. The Labute approximate surface area is 162 Å². The van der Waals surface area contributed by atoms with Crippen LogP contribution in [0.4, 0.5) is 5.69 Å². The van der Waals surface area contributed by atoms with Gasteiger partial charge in [-0.1, -0.05) is 75.9 Å². The van der Waals surface area contributed by atoms with Crippen LogP contribution in [0.15, 0.2) is 53.6 Å². The van der Waals surface area contributed by atoms with Crippen molar-refractivity contribution in [3.05, 3.63) is 65.2 Å². The lowest BCUT2D eigenvalue weighted by Gasteiger charge is -2.15. The maximum atomic E-state index is 4.60. The van der Waals surface area contributed by atoms with Gasteiger partial charge in [-0.25, -0.2) is 4.41 Å². The van der Waals surface area contributed by atoms with Gasteiger partial charge in [-0.3, -0.25) is 0 Å². The fraction of sp³-hybridized carbons (Fsp3) is 0.435. The largest absolute Gasteiger partial charge is 0.206 e. The van der Waals surface area contributed by atoms with E-state index in [1.165, 1.54) is 55.2 Å². The van der Waals surface area contributed by atoms with Crippen molar-refractivity contribution in [2.24, 2.45) is 5.10 Å². The molecular formula is C23H30N2S. The molecular weight excluding hydrogens is 336 g/mol. The average Bonchev–Trinajstić information content (AvgIpc) is 3.17. The summed E-state index contributed by atoms with van der Waals surface area (Å²) in [6.45, 7) is 4.48. The summed E-state index contributed by atoms with van der Waals surface area (Å²) >= 11 is 1.78. The number of anilines is 1. The van der Waals surface area contributed by atoms with E-state index in [4.69, 9.17) is 0 Å². The molecule has 1 aliphatic heterocycles. The molecule has 26 heavy (non-hydrogen) atoms. The molecule has 0 bridgehead atoms. The van der Waals surface area contributed by atoms with Gasteiger partial charge in [0.2, 0.25) is 0 Å². The smallest absolute Gasteiger partial charge is 0.0887 e. The molecule has 2 aromatic rings. The van der Waals surface area contributed by atoms with Crippen LogP contribution < -0.4 is 4.41 Å². The lowest BCUT2D eigenvalue weighted by atomic mass is 10.0.